The quantitative estimate of drug-likeness (QED) is 0.332. The molecule has 0 radical (unpaired) electrons. The van der Waals surface area contributed by atoms with Gasteiger partial charge in [-0.15, -0.1) is 0 Å². The van der Waals surface area contributed by atoms with Gasteiger partial charge in [-0.2, -0.15) is 0 Å². The molecule has 39 heavy (non-hydrogen) atoms. The standard InChI is InChI=1S/C32H30ClN3O3/c33-25-9-4-8-24(19-25)32(15-16-32)31-34-28-10-5-17-36(20-27(28)30(38)35-31)29(37)18-22-11-13-26(14-12-22)39-21-23-6-2-1-3-7-23/h1-4,6-9,11-14,19H,5,10,15-18,20-21H2,(H,34,35,38). The van der Waals surface area contributed by atoms with Gasteiger partial charge in [0.15, 0.2) is 0 Å². The number of aryl methyl sites for hydroxylation is 1. The molecule has 1 aromatic heterocycles. The van der Waals surface area contributed by atoms with Crippen molar-refractivity contribution < 1.29 is 9.53 Å². The molecule has 6 nitrogen and oxygen atoms in total. The maximum absolute atomic E-state index is 13.3. The number of carbonyl (C=O) groups is 1. The third-order valence-corrected chi connectivity index (χ3v) is 7.99. The van der Waals surface area contributed by atoms with Gasteiger partial charge in [-0.25, -0.2) is 4.98 Å². The summed E-state index contributed by atoms with van der Waals surface area (Å²) in [6, 6.07) is 25.5. The van der Waals surface area contributed by atoms with Gasteiger partial charge in [-0.1, -0.05) is 66.2 Å². The van der Waals surface area contributed by atoms with E-state index in [2.05, 4.69) is 4.98 Å². The summed E-state index contributed by atoms with van der Waals surface area (Å²) in [4.78, 5) is 36.3. The van der Waals surface area contributed by atoms with Gasteiger partial charge in [0.1, 0.15) is 18.2 Å². The van der Waals surface area contributed by atoms with Crippen molar-refractivity contribution in [3.8, 4) is 5.75 Å². The lowest BCUT2D eigenvalue weighted by Crippen LogP contribution is -2.34. The zero-order chi connectivity index (χ0) is 26.8. The van der Waals surface area contributed by atoms with Crippen molar-refractivity contribution >= 4 is 17.5 Å². The van der Waals surface area contributed by atoms with E-state index in [1.165, 1.54) is 0 Å². The number of nitrogens with zero attached hydrogens (tertiary/aromatic N) is 2. The molecule has 1 amide bonds. The molecule has 1 aliphatic heterocycles. The second kappa shape index (κ2) is 10.7. The molecule has 1 aliphatic carbocycles. The zero-order valence-corrected chi connectivity index (χ0v) is 22.4. The van der Waals surface area contributed by atoms with Crippen molar-refractivity contribution in [2.75, 3.05) is 6.54 Å². The van der Waals surface area contributed by atoms with Crippen molar-refractivity contribution in [1.29, 1.82) is 0 Å². The molecule has 7 heteroatoms. The highest BCUT2D eigenvalue weighted by Crippen LogP contribution is 2.52. The Labute approximate surface area is 232 Å². The normalized spacial score (nSPS) is 15.8. The molecular formula is C32H30ClN3O3. The summed E-state index contributed by atoms with van der Waals surface area (Å²) in [6.45, 7) is 1.37. The fourth-order valence-corrected chi connectivity index (χ4v) is 5.56. The van der Waals surface area contributed by atoms with Crippen LogP contribution < -0.4 is 10.3 Å². The number of halogens is 1. The maximum atomic E-state index is 13.3. The van der Waals surface area contributed by atoms with Gasteiger partial charge in [0, 0.05) is 11.6 Å². The average Bonchev–Trinajstić information content (AvgIpc) is 3.78. The van der Waals surface area contributed by atoms with E-state index in [1.54, 1.807) is 4.90 Å². The third kappa shape index (κ3) is 5.48. The second-order valence-corrected chi connectivity index (χ2v) is 10.9. The number of benzene rings is 3. The SMILES string of the molecule is O=C(Cc1ccc(OCc2ccccc2)cc1)N1CCCc2nc(C3(c4cccc(Cl)c4)CC3)[nH]c(=O)c2C1. The van der Waals surface area contributed by atoms with E-state index in [1.807, 2.05) is 78.9 Å². The van der Waals surface area contributed by atoms with Crippen molar-refractivity contribution in [2.24, 2.45) is 0 Å². The van der Waals surface area contributed by atoms with Crippen LogP contribution in [0, 0.1) is 0 Å². The van der Waals surface area contributed by atoms with E-state index in [4.69, 9.17) is 21.3 Å². The van der Waals surface area contributed by atoms with Crippen molar-refractivity contribution in [3.05, 3.63) is 128 Å². The zero-order valence-electron chi connectivity index (χ0n) is 21.7. The van der Waals surface area contributed by atoms with E-state index in [0.717, 1.165) is 47.4 Å². The van der Waals surface area contributed by atoms with E-state index in [0.29, 0.717) is 36.0 Å². The Morgan fingerprint density at radius 2 is 1.79 bits per heavy atom. The molecule has 0 unspecified atom stereocenters. The Morgan fingerprint density at radius 1 is 1.00 bits per heavy atom. The number of amides is 1. The van der Waals surface area contributed by atoms with Crippen LogP contribution in [0.3, 0.4) is 0 Å². The summed E-state index contributed by atoms with van der Waals surface area (Å²) < 4.78 is 5.86. The highest BCUT2D eigenvalue weighted by Gasteiger charge is 2.48. The Bertz CT molecular complexity index is 1550. The number of aromatic amines is 1. The molecule has 3 aromatic carbocycles. The van der Waals surface area contributed by atoms with Gasteiger partial charge in [0.2, 0.25) is 5.91 Å². The minimum atomic E-state index is -0.280. The Hall–Kier alpha value is -3.90. The van der Waals surface area contributed by atoms with Crippen LogP contribution in [0.5, 0.6) is 5.75 Å². The summed E-state index contributed by atoms with van der Waals surface area (Å²) >= 11 is 6.25. The Balaban J connectivity index is 1.13. The van der Waals surface area contributed by atoms with Crippen LogP contribution in [0.15, 0.2) is 83.7 Å². The van der Waals surface area contributed by atoms with Gasteiger partial charge in [0.05, 0.1) is 29.6 Å². The number of rotatable bonds is 7. The molecule has 0 bridgehead atoms. The topological polar surface area (TPSA) is 75.3 Å². The number of hydrogen-bond acceptors (Lipinski definition) is 4. The molecule has 2 heterocycles. The summed E-state index contributed by atoms with van der Waals surface area (Å²) in [5.41, 5.74) is 4.07. The minimum Gasteiger partial charge on any atom is -0.489 e. The minimum absolute atomic E-state index is 0.00173. The largest absolute Gasteiger partial charge is 0.489 e. The lowest BCUT2D eigenvalue weighted by atomic mass is 9.94. The van der Waals surface area contributed by atoms with Crippen LogP contribution in [-0.4, -0.2) is 27.3 Å². The smallest absolute Gasteiger partial charge is 0.256 e. The molecule has 1 saturated carbocycles. The number of nitrogens with one attached hydrogen (secondary N) is 1. The summed E-state index contributed by atoms with van der Waals surface area (Å²) in [6.07, 6.45) is 3.57. The first kappa shape index (κ1) is 25.4. The fourth-order valence-electron chi connectivity index (χ4n) is 5.37. The predicted molar refractivity (Wildman–Crippen MR) is 151 cm³/mol. The molecule has 0 spiro atoms. The molecule has 1 fully saturated rings. The lowest BCUT2D eigenvalue weighted by Gasteiger charge is -2.21. The van der Waals surface area contributed by atoms with Gasteiger partial charge in [-0.05, 0) is 66.6 Å². The first-order valence-electron chi connectivity index (χ1n) is 13.4. The highest BCUT2D eigenvalue weighted by atomic mass is 35.5. The van der Waals surface area contributed by atoms with E-state index >= 15 is 0 Å². The number of ether oxygens (including phenoxy) is 1. The number of carbonyl (C=O) groups excluding carboxylic acids is 1. The first-order valence-corrected chi connectivity index (χ1v) is 13.8. The average molecular weight is 540 g/mol. The second-order valence-electron chi connectivity index (χ2n) is 10.4. The van der Waals surface area contributed by atoms with Crippen molar-refractivity contribution in [1.82, 2.24) is 14.9 Å². The van der Waals surface area contributed by atoms with Crippen LogP contribution in [0.25, 0.3) is 0 Å². The number of fused-ring (bicyclic) bond motifs is 1. The molecule has 0 saturated heterocycles. The van der Waals surface area contributed by atoms with Crippen LogP contribution in [-0.2, 0) is 36.2 Å². The first-order chi connectivity index (χ1) is 19.0. The van der Waals surface area contributed by atoms with E-state index < -0.39 is 0 Å². The number of aromatic nitrogens is 2. The summed E-state index contributed by atoms with van der Waals surface area (Å²) in [5, 5.41) is 0.680. The molecular weight excluding hydrogens is 510 g/mol. The van der Waals surface area contributed by atoms with Crippen LogP contribution >= 0.6 is 11.6 Å². The summed E-state index contributed by atoms with van der Waals surface area (Å²) in [5.74, 6) is 1.48. The molecule has 1 N–H and O–H groups in total. The fraction of sp³-hybridized carbons (Fsp3) is 0.281. The molecule has 6 rings (SSSR count). The Morgan fingerprint density at radius 3 is 2.54 bits per heavy atom. The van der Waals surface area contributed by atoms with Gasteiger partial charge in [0.25, 0.3) is 5.56 Å². The third-order valence-electron chi connectivity index (χ3n) is 7.75. The van der Waals surface area contributed by atoms with Crippen molar-refractivity contribution in [3.63, 3.8) is 0 Å². The van der Waals surface area contributed by atoms with Gasteiger partial charge < -0.3 is 14.6 Å². The molecule has 0 atom stereocenters. The molecule has 4 aromatic rings. The summed E-state index contributed by atoms with van der Waals surface area (Å²) in [7, 11) is 0. The highest BCUT2D eigenvalue weighted by molar-refractivity contribution is 6.30. The predicted octanol–water partition coefficient (Wildman–Crippen LogP) is 5.60. The van der Waals surface area contributed by atoms with E-state index in [9.17, 15) is 9.59 Å². The monoisotopic (exact) mass is 539 g/mol. The molecule has 2 aliphatic rings. The van der Waals surface area contributed by atoms with Crippen LogP contribution in [0.4, 0.5) is 0 Å². The number of H-pyrrole nitrogens is 1. The lowest BCUT2D eigenvalue weighted by molar-refractivity contribution is -0.131. The molecule has 198 valence electrons. The van der Waals surface area contributed by atoms with Crippen molar-refractivity contribution in [2.45, 2.75) is 50.7 Å². The van der Waals surface area contributed by atoms with Gasteiger partial charge >= 0.3 is 0 Å². The number of hydrogen-bond donors (Lipinski definition) is 1. The van der Waals surface area contributed by atoms with Gasteiger partial charge in [-0.3, -0.25) is 9.59 Å². The maximum Gasteiger partial charge on any atom is 0.256 e. The Kier molecular flexibility index (Phi) is 6.96. The van der Waals surface area contributed by atoms with Crippen LogP contribution in [0.1, 0.15) is 53.0 Å². The van der Waals surface area contributed by atoms with E-state index in [-0.39, 0.29) is 29.8 Å². The van der Waals surface area contributed by atoms with Crippen LogP contribution in [0.2, 0.25) is 5.02 Å².